The average Bonchev–Trinajstić information content (AvgIpc) is 3.20. The number of carbonyl (C=O) groups is 3. The van der Waals surface area contributed by atoms with E-state index in [4.69, 9.17) is 5.11 Å². The van der Waals surface area contributed by atoms with E-state index in [-0.39, 0.29) is 44.2 Å². The maximum absolute atomic E-state index is 13.4. The van der Waals surface area contributed by atoms with Crippen molar-refractivity contribution in [1.29, 1.82) is 0 Å². The molecule has 3 heterocycles. The van der Waals surface area contributed by atoms with Gasteiger partial charge in [-0.1, -0.05) is 0 Å². The van der Waals surface area contributed by atoms with Gasteiger partial charge in [-0.05, 0) is 50.2 Å². The van der Waals surface area contributed by atoms with Crippen LogP contribution in [0.25, 0.3) is 16.7 Å². The largest absolute Gasteiger partial charge is 0.481 e. The van der Waals surface area contributed by atoms with E-state index in [1.54, 1.807) is 61.0 Å². The topological polar surface area (TPSA) is 105 Å². The molecule has 0 bridgehead atoms. The Hall–Kier alpha value is -3.82. The van der Waals surface area contributed by atoms with Crippen LogP contribution in [0.4, 0.5) is 8.78 Å². The number of piperidine rings is 1. The van der Waals surface area contributed by atoms with Crippen LogP contribution >= 0.6 is 0 Å². The number of halogens is 2. The molecule has 2 amide bonds. The van der Waals surface area contributed by atoms with Crippen molar-refractivity contribution in [3.8, 4) is 5.69 Å². The quantitative estimate of drug-likeness (QED) is 0.553. The number of aliphatic carboxylic acids is 1. The van der Waals surface area contributed by atoms with Crippen LogP contribution in [0.15, 0.2) is 48.8 Å². The van der Waals surface area contributed by atoms with Gasteiger partial charge in [0.25, 0.3) is 17.7 Å². The molecule has 4 rings (SSSR count). The zero-order chi connectivity index (χ0) is 25.4. The molecule has 1 saturated heterocycles. The normalized spacial score (nSPS) is 15.7. The van der Waals surface area contributed by atoms with Gasteiger partial charge in [-0.15, -0.1) is 0 Å². The highest BCUT2D eigenvalue weighted by Crippen LogP contribution is 2.29. The van der Waals surface area contributed by atoms with Crippen LogP contribution in [0.5, 0.6) is 0 Å². The van der Waals surface area contributed by atoms with Crippen LogP contribution in [-0.4, -0.2) is 61.9 Å². The maximum Gasteiger partial charge on any atom is 0.305 e. The molecule has 1 aliphatic rings. The second kappa shape index (κ2) is 9.09. The summed E-state index contributed by atoms with van der Waals surface area (Å²) in [5.74, 6) is -4.41. The van der Waals surface area contributed by atoms with Crippen LogP contribution in [0.3, 0.4) is 0 Å². The summed E-state index contributed by atoms with van der Waals surface area (Å²) >= 11 is 0. The number of alkyl halides is 2. The molecule has 1 aromatic carbocycles. The van der Waals surface area contributed by atoms with E-state index in [1.165, 1.54) is 11.1 Å². The summed E-state index contributed by atoms with van der Waals surface area (Å²) < 4.78 is 28.6. The fourth-order valence-electron chi connectivity index (χ4n) is 4.14. The van der Waals surface area contributed by atoms with Gasteiger partial charge in [-0.2, -0.15) is 0 Å². The minimum atomic E-state index is -2.72. The number of rotatable bonds is 6. The zero-order valence-electron chi connectivity index (χ0n) is 19.4. The molecule has 1 fully saturated rings. The van der Waals surface area contributed by atoms with Crippen molar-refractivity contribution < 1.29 is 28.3 Å². The second-order valence-corrected chi connectivity index (χ2v) is 9.43. The van der Waals surface area contributed by atoms with Crippen LogP contribution in [0.1, 0.15) is 53.8 Å². The number of amides is 2. The van der Waals surface area contributed by atoms with Gasteiger partial charge in [0, 0.05) is 60.5 Å². The number of carboxylic acid groups (broad SMARTS) is 1. The second-order valence-electron chi connectivity index (χ2n) is 9.43. The van der Waals surface area contributed by atoms with Crippen molar-refractivity contribution in [2.75, 3.05) is 13.1 Å². The van der Waals surface area contributed by atoms with E-state index >= 15 is 0 Å². The molecule has 2 aromatic heterocycles. The van der Waals surface area contributed by atoms with Gasteiger partial charge < -0.3 is 19.9 Å². The lowest BCUT2D eigenvalue weighted by molar-refractivity contribution is -0.138. The maximum atomic E-state index is 13.4. The SMILES string of the molecule is CC(C)(CC(=O)O)NC(=O)c1ccc(-n2ccc3cc(C(=O)N4CCC(F)(F)CC4)cnc32)cc1. The summed E-state index contributed by atoms with van der Waals surface area (Å²) in [5, 5.41) is 12.4. The molecule has 2 N–H and O–H groups in total. The molecule has 0 spiro atoms. The fourth-order valence-corrected chi connectivity index (χ4v) is 4.14. The molecule has 184 valence electrons. The molecule has 0 atom stereocenters. The highest BCUT2D eigenvalue weighted by atomic mass is 19.3. The Labute approximate surface area is 200 Å². The molecule has 0 unspecified atom stereocenters. The van der Waals surface area contributed by atoms with Gasteiger partial charge in [-0.3, -0.25) is 14.4 Å². The molecule has 0 aliphatic carbocycles. The van der Waals surface area contributed by atoms with Gasteiger partial charge in [0.1, 0.15) is 5.65 Å². The first-order chi connectivity index (χ1) is 16.4. The fraction of sp³-hybridized carbons (Fsp3) is 0.360. The lowest BCUT2D eigenvalue weighted by Gasteiger charge is -2.31. The Morgan fingerprint density at radius 3 is 2.37 bits per heavy atom. The van der Waals surface area contributed by atoms with Gasteiger partial charge in [-0.25, -0.2) is 13.8 Å². The van der Waals surface area contributed by atoms with Gasteiger partial charge in [0.2, 0.25) is 0 Å². The van der Waals surface area contributed by atoms with Crippen molar-refractivity contribution in [3.63, 3.8) is 0 Å². The van der Waals surface area contributed by atoms with E-state index in [0.29, 0.717) is 16.8 Å². The molecule has 1 aliphatic heterocycles. The van der Waals surface area contributed by atoms with E-state index in [1.807, 2.05) is 0 Å². The highest BCUT2D eigenvalue weighted by molar-refractivity contribution is 5.97. The molecule has 8 nitrogen and oxygen atoms in total. The summed E-state index contributed by atoms with van der Waals surface area (Å²) in [5.41, 5.74) is 1.18. The van der Waals surface area contributed by atoms with Crippen LogP contribution in [0.2, 0.25) is 0 Å². The number of hydrogen-bond donors (Lipinski definition) is 2. The minimum absolute atomic E-state index is 0.0122. The molecule has 0 saturated carbocycles. The number of likely N-dealkylation sites (tertiary alicyclic amines) is 1. The average molecular weight is 485 g/mol. The molecular weight excluding hydrogens is 458 g/mol. The molecule has 10 heteroatoms. The summed E-state index contributed by atoms with van der Waals surface area (Å²) in [4.78, 5) is 42.1. The molecule has 0 radical (unpaired) electrons. The van der Waals surface area contributed by atoms with E-state index in [9.17, 15) is 23.2 Å². The Morgan fingerprint density at radius 2 is 1.74 bits per heavy atom. The molecule has 35 heavy (non-hydrogen) atoms. The smallest absolute Gasteiger partial charge is 0.305 e. The monoisotopic (exact) mass is 484 g/mol. The number of aromatic nitrogens is 2. The molecular formula is C25H26F2N4O4. The van der Waals surface area contributed by atoms with Crippen molar-refractivity contribution >= 4 is 28.8 Å². The Bertz CT molecular complexity index is 1270. The lowest BCUT2D eigenvalue weighted by Crippen LogP contribution is -2.44. The molecule has 3 aromatic rings. The van der Waals surface area contributed by atoms with Crippen LogP contribution in [-0.2, 0) is 4.79 Å². The number of pyridine rings is 1. The summed E-state index contributed by atoms with van der Waals surface area (Å²) in [6, 6.07) is 10.3. The van der Waals surface area contributed by atoms with Crippen molar-refractivity contribution in [2.45, 2.75) is 44.6 Å². The minimum Gasteiger partial charge on any atom is -0.481 e. The third kappa shape index (κ3) is 5.47. The van der Waals surface area contributed by atoms with E-state index in [2.05, 4.69) is 10.3 Å². The summed E-state index contributed by atoms with van der Waals surface area (Å²) in [6.45, 7) is 3.31. The van der Waals surface area contributed by atoms with Crippen LogP contribution < -0.4 is 5.32 Å². The standard InChI is InChI=1S/C25H26F2N4O4/c1-24(2,14-20(32)33)29-22(34)16-3-5-19(6-4-16)31-10-7-17-13-18(15-28-21(17)31)23(35)30-11-8-25(26,27)9-12-30/h3-7,10,13,15H,8-9,11-12,14H2,1-2H3,(H,29,34)(H,32,33). The first kappa shape index (κ1) is 24.3. The number of benzene rings is 1. The summed E-state index contributed by atoms with van der Waals surface area (Å²) in [7, 11) is 0. The van der Waals surface area contributed by atoms with Crippen LogP contribution in [0, 0.1) is 0 Å². The number of carboxylic acids is 1. The predicted octanol–water partition coefficient (Wildman–Crippen LogP) is 3.88. The number of carbonyl (C=O) groups excluding carboxylic acids is 2. The zero-order valence-corrected chi connectivity index (χ0v) is 19.4. The highest BCUT2D eigenvalue weighted by Gasteiger charge is 2.36. The van der Waals surface area contributed by atoms with E-state index in [0.717, 1.165) is 11.1 Å². The Morgan fingerprint density at radius 1 is 1.09 bits per heavy atom. The number of nitrogens with zero attached hydrogens (tertiary/aromatic N) is 3. The van der Waals surface area contributed by atoms with Crippen molar-refractivity contribution in [2.24, 2.45) is 0 Å². The first-order valence-electron chi connectivity index (χ1n) is 11.2. The first-order valence-corrected chi connectivity index (χ1v) is 11.2. The third-order valence-corrected chi connectivity index (χ3v) is 6.01. The number of fused-ring (bicyclic) bond motifs is 1. The lowest BCUT2D eigenvalue weighted by atomic mass is 10.00. The Kier molecular flexibility index (Phi) is 6.31. The number of hydrogen-bond acceptors (Lipinski definition) is 4. The van der Waals surface area contributed by atoms with Gasteiger partial charge >= 0.3 is 5.97 Å². The van der Waals surface area contributed by atoms with Gasteiger partial charge in [0.05, 0.1) is 12.0 Å². The Balaban J connectivity index is 1.49. The third-order valence-electron chi connectivity index (χ3n) is 6.01. The number of nitrogens with one attached hydrogen (secondary N) is 1. The van der Waals surface area contributed by atoms with Crippen molar-refractivity contribution in [1.82, 2.24) is 19.8 Å². The predicted molar refractivity (Wildman–Crippen MR) is 125 cm³/mol. The van der Waals surface area contributed by atoms with Gasteiger partial charge in [0.15, 0.2) is 0 Å². The van der Waals surface area contributed by atoms with E-state index < -0.39 is 17.4 Å². The summed E-state index contributed by atoms with van der Waals surface area (Å²) in [6.07, 6.45) is 2.36. The van der Waals surface area contributed by atoms with Crippen molar-refractivity contribution in [3.05, 3.63) is 59.9 Å².